The summed E-state index contributed by atoms with van der Waals surface area (Å²) >= 11 is 2.15. The van der Waals surface area contributed by atoms with Gasteiger partial charge in [-0.05, 0) is 48.4 Å². The van der Waals surface area contributed by atoms with Gasteiger partial charge in [0, 0.05) is 22.4 Å². The van der Waals surface area contributed by atoms with Gasteiger partial charge in [-0.15, -0.1) is 0 Å². The molecule has 0 aliphatic carbocycles. The summed E-state index contributed by atoms with van der Waals surface area (Å²) in [6.07, 6.45) is 3.81. The molecule has 0 N–H and O–H groups in total. The molecule has 0 aromatic carbocycles. The van der Waals surface area contributed by atoms with Crippen molar-refractivity contribution in [2.45, 2.75) is 25.8 Å². The molecule has 1 amide bonds. The van der Waals surface area contributed by atoms with E-state index in [1.165, 1.54) is 0 Å². The molecule has 4 nitrogen and oxygen atoms in total. The quantitative estimate of drug-likeness (QED) is 0.772. The highest BCUT2D eigenvalue weighted by atomic mass is 127. The third-order valence-corrected chi connectivity index (χ3v) is 3.99. The highest BCUT2D eigenvalue weighted by Gasteiger charge is 2.29. The maximum Gasteiger partial charge on any atom is 0.260 e. The Kier molecular flexibility index (Phi) is 3.86. The number of amides is 1. The van der Waals surface area contributed by atoms with E-state index in [0.717, 1.165) is 23.0 Å². The minimum absolute atomic E-state index is 0.0318. The number of hydrogen-bond donors (Lipinski definition) is 0. The van der Waals surface area contributed by atoms with E-state index in [1.807, 2.05) is 11.0 Å². The molecule has 1 fully saturated rings. The van der Waals surface area contributed by atoms with Crippen LogP contribution in [-0.4, -0.2) is 35.5 Å². The first kappa shape index (κ1) is 12.6. The van der Waals surface area contributed by atoms with Crippen molar-refractivity contribution >= 4 is 28.5 Å². The van der Waals surface area contributed by atoms with E-state index in [4.69, 9.17) is 4.74 Å². The van der Waals surface area contributed by atoms with Crippen LogP contribution in [0.3, 0.4) is 0 Å². The van der Waals surface area contributed by atoms with Gasteiger partial charge in [0.05, 0.1) is 7.11 Å². The van der Waals surface area contributed by atoms with Crippen molar-refractivity contribution in [1.82, 2.24) is 9.88 Å². The van der Waals surface area contributed by atoms with Gasteiger partial charge in [-0.3, -0.25) is 4.79 Å². The zero-order valence-corrected chi connectivity index (χ0v) is 12.1. The molecule has 1 aromatic heterocycles. The Morgan fingerprint density at radius 2 is 2.41 bits per heavy atom. The summed E-state index contributed by atoms with van der Waals surface area (Å²) in [4.78, 5) is 18.5. The van der Waals surface area contributed by atoms with E-state index < -0.39 is 0 Å². The lowest BCUT2D eigenvalue weighted by atomic mass is 10.2. The molecule has 0 bridgehead atoms. The fraction of sp³-hybridized carbons (Fsp3) is 0.500. The van der Waals surface area contributed by atoms with Crippen molar-refractivity contribution in [3.63, 3.8) is 0 Å². The Hall–Kier alpha value is -0.850. The van der Waals surface area contributed by atoms with Crippen LogP contribution < -0.4 is 4.74 Å². The molecule has 0 radical (unpaired) electrons. The summed E-state index contributed by atoms with van der Waals surface area (Å²) in [7, 11) is 1.54. The third-order valence-electron chi connectivity index (χ3n) is 3.09. The van der Waals surface area contributed by atoms with Crippen molar-refractivity contribution in [3.05, 3.63) is 21.4 Å². The van der Waals surface area contributed by atoms with Crippen molar-refractivity contribution in [2.24, 2.45) is 0 Å². The standard InChI is InChI=1S/C12H15IN2O2/c1-8-4-3-7-15(8)12(16)10-9(13)5-6-14-11(10)17-2/h5-6,8H,3-4,7H2,1-2H3/t8-/m0/s1. The molecule has 2 heterocycles. The number of methoxy groups -OCH3 is 1. The maximum atomic E-state index is 12.5. The van der Waals surface area contributed by atoms with Crippen molar-refractivity contribution < 1.29 is 9.53 Å². The van der Waals surface area contributed by atoms with Gasteiger partial charge in [0.2, 0.25) is 5.88 Å². The lowest BCUT2D eigenvalue weighted by Gasteiger charge is -2.22. The summed E-state index contributed by atoms with van der Waals surface area (Å²) in [6.45, 7) is 2.91. The minimum atomic E-state index is 0.0318. The van der Waals surface area contributed by atoms with Crippen LogP contribution >= 0.6 is 22.6 Å². The average molecular weight is 346 g/mol. The van der Waals surface area contributed by atoms with Crippen LogP contribution in [0.5, 0.6) is 5.88 Å². The van der Waals surface area contributed by atoms with Gasteiger partial charge in [0.1, 0.15) is 5.56 Å². The van der Waals surface area contributed by atoms with Crippen LogP contribution in [0.2, 0.25) is 0 Å². The van der Waals surface area contributed by atoms with E-state index in [0.29, 0.717) is 17.5 Å². The summed E-state index contributed by atoms with van der Waals surface area (Å²) in [6, 6.07) is 2.14. The second-order valence-corrected chi connectivity index (χ2v) is 5.33. The zero-order chi connectivity index (χ0) is 12.4. The minimum Gasteiger partial charge on any atom is -0.480 e. The summed E-state index contributed by atoms with van der Waals surface area (Å²) < 4.78 is 6.07. The molecule has 1 aliphatic heterocycles. The first-order chi connectivity index (χ1) is 8.15. The largest absolute Gasteiger partial charge is 0.480 e. The molecule has 5 heteroatoms. The van der Waals surface area contributed by atoms with Crippen molar-refractivity contribution in [1.29, 1.82) is 0 Å². The van der Waals surface area contributed by atoms with Crippen molar-refractivity contribution in [2.75, 3.05) is 13.7 Å². The van der Waals surface area contributed by atoms with Gasteiger partial charge in [-0.1, -0.05) is 0 Å². The normalized spacial score (nSPS) is 19.5. The topological polar surface area (TPSA) is 42.4 Å². The predicted octanol–water partition coefficient (Wildman–Crippen LogP) is 2.32. The average Bonchev–Trinajstić information content (AvgIpc) is 2.74. The molecule has 1 aliphatic rings. The van der Waals surface area contributed by atoms with Crippen LogP contribution in [0.1, 0.15) is 30.1 Å². The monoisotopic (exact) mass is 346 g/mol. The molecule has 0 saturated carbocycles. The fourth-order valence-electron chi connectivity index (χ4n) is 2.15. The Labute approximate surface area is 114 Å². The second kappa shape index (κ2) is 5.20. The van der Waals surface area contributed by atoms with Gasteiger partial charge in [0.25, 0.3) is 5.91 Å². The van der Waals surface area contributed by atoms with E-state index >= 15 is 0 Å². The number of nitrogens with zero attached hydrogens (tertiary/aromatic N) is 2. The summed E-state index contributed by atoms with van der Waals surface area (Å²) in [5.41, 5.74) is 0.587. The smallest absolute Gasteiger partial charge is 0.260 e. The van der Waals surface area contributed by atoms with Crippen LogP contribution in [0.4, 0.5) is 0 Å². The summed E-state index contributed by atoms with van der Waals surface area (Å²) in [5, 5.41) is 0. The first-order valence-corrected chi connectivity index (χ1v) is 6.72. The molecule has 1 aromatic rings. The van der Waals surface area contributed by atoms with Gasteiger partial charge < -0.3 is 9.64 Å². The van der Waals surface area contributed by atoms with Crippen LogP contribution in [-0.2, 0) is 0 Å². The predicted molar refractivity (Wildman–Crippen MR) is 73.2 cm³/mol. The number of rotatable bonds is 2. The second-order valence-electron chi connectivity index (χ2n) is 4.17. The molecular formula is C12H15IN2O2. The van der Waals surface area contributed by atoms with Crippen LogP contribution in [0.25, 0.3) is 0 Å². The number of likely N-dealkylation sites (tertiary alicyclic amines) is 1. The maximum absolute atomic E-state index is 12.5. The molecule has 92 valence electrons. The van der Waals surface area contributed by atoms with E-state index in [1.54, 1.807) is 13.3 Å². The number of halogens is 1. The van der Waals surface area contributed by atoms with E-state index in [9.17, 15) is 4.79 Å². The Morgan fingerprint density at radius 1 is 1.65 bits per heavy atom. The van der Waals surface area contributed by atoms with Crippen LogP contribution in [0, 0.1) is 3.57 Å². The van der Waals surface area contributed by atoms with E-state index in [-0.39, 0.29) is 5.91 Å². The zero-order valence-electron chi connectivity index (χ0n) is 9.94. The lowest BCUT2D eigenvalue weighted by molar-refractivity contribution is 0.0742. The van der Waals surface area contributed by atoms with Gasteiger partial charge >= 0.3 is 0 Å². The van der Waals surface area contributed by atoms with Gasteiger partial charge in [0.15, 0.2) is 0 Å². The first-order valence-electron chi connectivity index (χ1n) is 5.64. The lowest BCUT2D eigenvalue weighted by Crippen LogP contribution is -2.34. The number of carbonyl (C=O) groups excluding carboxylic acids is 1. The fourth-order valence-corrected chi connectivity index (χ4v) is 2.77. The Morgan fingerprint density at radius 3 is 3.00 bits per heavy atom. The molecule has 1 atom stereocenters. The number of carbonyl (C=O) groups is 1. The Bertz CT molecular complexity index is 437. The number of pyridine rings is 1. The van der Waals surface area contributed by atoms with Crippen LogP contribution in [0.15, 0.2) is 12.3 Å². The number of aromatic nitrogens is 1. The highest BCUT2D eigenvalue weighted by Crippen LogP contribution is 2.26. The van der Waals surface area contributed by atoms with Crippen molar-refractivity contribution in [3.8, 4) is 5.88 Å². The molecule has 0 unspecified atom stereocenters. The number of hydrogen-bond acceptors (Lipinski definition) is 3. The SMILES string of the molecule is COc1nccc(I)c1C(=O)N1CCC[C@@H]1C. The molecular weight excluding hydrogens is 331 g/mol. The van der Waals surface area contributed by atoms with E-state index in [2.05, 4.69) is 34.5 Å². The third kappa shape index (κ3) is 2.38. The van der Waals surface area contributed by atoms with Gasteiger partial charge in [-0.2, -0.15) is 0 Å². The summed E-state index contributed by atoms with van der Waals surface area (Å²) in [5.74, 6) is 0.449. The highest BCUT2D eigenvalue weighted by molar-refractivity contribution is 14.1. The Balaban J connectivity index is 2.36. The number of ether oxygens (including phenoxy) is 1. The molecule has 1 saturated heterocycles. The molecule has 2 rings (SSSR count). The molecule has 17 heavy (non-hydrogen) atoms. The molecule has 0 spiro atoms. The van der Waals surface area contributed by atoms with Gasteiger partial charge in [-0.25, -0.2) is 4.98 Å².